The van der Waals surface area contributed by atoms with Gasteiger partial charge < -0.3 is 15.0 Å². The van der Waals surface area contributed by atoms with Gasteiger partial charge >= 0.3 is 6.03 Å². The lowest BCUT2D eigenvalue weighted by atomic mass is 10.0. The molecule has 1 fully saturated rings. The number of pyridine rings is 1. The third-order valence-corrected chi connectivity index (χ3v) is 6.33. The van der Waals surface area contributed by atoms with Crippen molar-refractivity contribution in [3.63, 3.8) is 0 Å². The highest BCUT2D eigenvalue weighted by Gasteiger charge is 2.31. The van der Waals surface area contributed by atoms with Crippen molar-refractivity contribution in [2.45, 2.75) is 18.9 Å². The number of carbonyl (C=O) groups excluding carboxylic acids is 2. The molecule has 2 aromatic carbocycles. The zero-order chi connectivity index (χ0) is 26.6. The van der Waals surface area contributed by atoms with Crippen molar-refractivity contribution in [3.8, 4) is 16.9 Å². The lowest BCUT2D eigenvalue weighted by Crippen LogP contribution is -2.53. The highest BCUT2D eigenvalue weighted by molar-refractivity contribution is 7.92. The zero-order valence-electron chi connectivity index (χ0n) is 20.2. The van der Waals surface area contributed by atoms with E-state index in [9.17, 15) is 22.4 Å². The van der Waals surface area contributed by atoms with E-state index >= 15 is 0 Å². The first-order valence-corrected chi connectivity index (χ1v) is 13.3. The van der Waals surface area contributed by atoms with E-state index in [0.717, 1.165) is 17.9 Å². The first kappa shape index (κ1) is 25.9. The number of rotatable bonds is 7. The largest absolute Gasteiger partial charge is 0.495 e. The topological polar surface area (TPSA) is 130 Å². The number of piperidine rings is 1. The van der Waals surface area contributed by atoms with Gasteiger partial charge in [0.1, 0.15) is 11.8 Å². The fourth-order valence-corrected chi connectivity index (χ4v) is 4.61. The molecule has 3 amide bonds. The van der Waals surface area contributed by atoms with Crippen molar-refractivity contribution >= 4 is 39.2 Å². The molecule has 10 nitrogen and oxygen atoms in total. The van der Waals surface area contributed by atoms with Crippen molar-refractivity contribution in [1.82, 2.24) is 10.3 Å². The molecule has 0 saturated carbocycles. The SMILES string of the molecule is COc1cnc(NC(=O)N[C@@H]2CCCN(c3ccc(-c4ccccc4NS(C)(=O)=O)cc3)C2=O)c(F)c1. The van der Waals surface area contributed by atoms with Crippen LogP contribution in [0.15, 0.2) is 60.8 Å². The molecule has 1 saturated heterocycles. The summed E-state index contributed by atoms with van der Waals surface area (Å²) in [5.41, 5.74) is 2.55. The molecular weight excluding hydrogens is 501 g/mol. The summed E-state index contributed by atoms with van der Waals surface area (Å²) < 4.78 is 44.9. The van der Waals surface area contributed by atoms with Gasteiger partial charge in [0.25, 0.3) is 0 Å². The Hall–Kier alpha value is -4.19. The van der Waals surface area contributed by atoms with Gasteiger partial charge in [-0.05, 0) is 36.6 Å². The number of carbonyl (C=O) groups is 2. The quantitative estimate of drug-likeness (QED) is 0.431. The van der Waals surface area contributed by atoms with Crippen LogP contribution in [0.5, 0.6) is 5.75 Å². The Bertz CT molecular complexity index is 1420. The van der Waals surface area contributed by atoms with Crippen molar-refractivity contribution in [2.24, 2.45) is 0 Å². The van der Waals surface area contributed by atoms with Crippen LogP contribution >= 0.6 is 0 Å². The number of nitrogens with one attached hydrogen (secondary N) is 3. The van der Waals surface area contributed by atoms with Crippen molar-refractivity contribution in [3.05, 3.63) is 66.6 Å². The zero-order valence-corrected chi connectivity index (χ0v) is 21.0. The first-order chi connectivity index (χ1) is 17.6. The molecule has 0 bridgehead atoms. The van der Waals surface area contributed by atoms with Crippen LogP contribution in [-0.4, -0.2) is 51.3 Å². The van der Waals surface area contributed by atoms with Crippen LogP contribution in [-0.2, 0) is 14.8 Å². The van der Waals surface area contributed by atoms with Gasteiger partial charge in [-0.1, -0.05) is 30.3 Å². The normalized spacial score (nSPS) is 15.7. The summed E-state index contributed by atoms with van der Waals surface area (Å²) in [5.74, 6) is -1.13. The van der Waals surface area contributed by atoms with E-state index in [4.69, 9.17) is 4.74 Å². The number of hydrogen-bond acceptors (Lipinski definition) is 6. The van der Waals surface area contributed by atoms with Gasteiger partial charge in [-0.2, -0.15) is 0 Å². The Morgan fingerprint density at radius 2 is 1.89 bits per heavy atom. The Morgan fingerprint density at radius 3 is 2.57 bits per heavy atom. The lowest BCUT2D eigenvalue weighted by molar-refractivity contribution is -0.121. The molecular formula is C25H26FN5O5S. The molecule has 12 heteroatoms. The summed E-state index contributed by atoms with van der Waals surface area (Å²) in [4.78, 5) is 31.0. The summed E-state index contributed by atoms with van der Waals surface area (Å²) in [6, 6.07) is 13.7. The van der Waals surface area contributed by atoms with Gasteiger partial charge in [-0.15, -0.1) is 0 Å². The monoisotopic (exact) mass is 527 g/mol. The molecule has 3 aromatic rings. The summed E-state index contributed by atoms with van der Waals surface area (Å²) in [6.07, 6.45) is 3.44. The predicted molar refractivity (Wildman–Crippen MR) is 139 cm³/mol. The summed E-state index contributed by atoms with van der Waals surface area (Å²) in [7, 11) is -2.08. The van der Waals surface area contributed by atoms with Crippen LogP contribution in [0.3, 0.4) is 0 Å². The van der Waals surface area contributed by atoms with Crippen molar-refractivity contribution in [1.29, 1.82) is 0 Å². The van der Waals surface area contributed by atoms with E-state index in [-0.39, 0.29) is 17.5 Å². The van der Waals surface area contributed by atoms with Crippen LogP contribution in [0.25, 0.3) is 11.1 Å². The third-order valence-electron chi connectivity index (χ3n) is 5.74. The van der Waals surface area contributed by atoms with Gasteiger partial charge in [-0.25, -0.2) is 22.6 Å². The molecule has 0 spiro atoms. The van der Waals surface area contributed by atoms with Crippen LogP contribution < -0.4 is 25.0 Å². The molecule has 37 heavy (non-hydrogen) atoms. The van der Waals surface area contributed by atoms with Crippen molar-refractivity contribution in [2.75, 3.05) is 34.8 Å². The Morgan fingerprint density at radius 1 is 1.16 bits per heavy atom. The minimum Gasteiger partial charge on any atom is -0.495 e. The minimum absolute atomic E-state index is 0.211. The number of halogens is 1. The maximum absolute atomic E-state index is 14.1. The molecule has 1 atom stereocenters. The number of benzene rings is 2. The molecule has 0 unspecified atom stereocenters. The second kappa shape index (κ2) is 10.8. The first-order valence-electron chi connectivity index (χ1n) is 11.4. The predicted octanol–water partition coefficient (Wildman–Crippen LogP) is 3.58. The molecule has 1 aliphatic rings. The number of hydrogen-bond donors (Lipinski definition) is 3. The average Bonchev–Trinajstić information content (AvgIpc) is 2.86. The van der Waals surface area contributed by atoms with Gasteiger partial charge in [0.05, 0.1) is 25.2 Å². The molecule has 4 rings (SSSR count). The summed E-state index contributed by atoms with van der Waals surface area (Å²) >= 11 is 0. The molecule has 2 heterocycles. The third kappa shape index (κ3) is 6.33. The fraction of sp³-hybridized carbons (Fsp3) is 0.240. The Kier molecular flexibility index (Phi) is 7.58. The molecule has 3 N–H and O–H groups in total. The Balaban J connectivity index is 1.45. The van der Waals surface area contributed by atoms with Crippen LogP contribution in [0, 0.1) is 5.82 Å². The minimum atomic E-state index is -3.45. The maximum atomic E-state index is 14.1. The van der Waals surface area contributed by atoms with Crippen LogP contribution in [0.1, 0.15) is 12.8 Å². The van der Waals surface area contributed by atoms with Crippen LogP contribution in [0.4, 0.5) is 26.4 Å². The van der Waals surface area contributed by atoms with Gasteiger partial charge in [0, 0.05) is 23.9 Å². The molecule has 0 radical (unpaired) electrons. The van der Waals surface area contributed by atoms with E-state index < -0.39 is 27.9 Å². The fourth-order valence-electron chi connectivity index (χ4n) is 4.04. The van der Waals surface area contributed by atoms with Crippen LogP contribution in [0.2, 0.25) is 0 Å². The molecule has 1 aliphatic heterocycles. The van der Waals surface area contributed by atoms with E-state index in [0.29, 0.717) is 36.3 Å². The second-order valence-electron chi connectivity index (χ2n) is 8.46. The molecule has 194 valence electrons. The Labute approximate surface area is 213 Å². The number of urea groups is 1. The van der Waals surface area contributed by atoms with Crippen molar-refractivity contribution < 1.29 is 27.1 Å². The summed E-state index contributed by atoms with van der Waals surface area (Å²) in [6.45, 7) is 0.471. The summed E-state index contributed by atoms with van der Waals surface area (Å²) in [5, 5.41) is 4.91. The highest BCUT2D eigenvalue weighted by Crippen LogP contribution is 2.31. The molecule has 0 aliphatic carbocycles. The van der Waals surface area contributed by atoms with E-state index in [1.165, 1.54) is 13.3 Å². The average molecular weight is 528 g/mol. The van der Waals surface area contributed by atoms with E-state index in [1.54, 1.807) is 53.4 Å². The number of amides is 3. The number of para-hydroxylation sites is 1. The van der Waals surface area contributed by atoms with Gasteiger partial charge in [0.2, 0.25) is 15.9 Å². The van der Waals surface area contributed by atoms with Gasteiger partial charge in [-0.3, -0.25) is 14.8 Å². The number of ether oxygens (including phenoxy) is 1. The van der Waals surface area contributed by atoms with E-state index in [2.05, 4.69) is 20.3 Å². The van der Waals surface area contributed by atoms with Gasteiger partial charge in [0.15, 0.2) is 11.6 Å². The number of methoxy groups -OCH3 is 1. The maximum Gasteiger partial charge on any atom is 0.321 e. The number of nitrogens with zero attached hydrogens (tertiary/aromatic N) is 2. The number of sulfonamides is 1. The van der Waals surface area contributed by atoms with E-state index in [1.807, 2.05) is 0 Å². The molecule has 1 aromatic heterocycles. The smallest absolute Gasteiger partial charge is 0.321 e. The second-order valence-corrected chi connectivity index (χ2v) is 10.2. The lowest BCUT2D eigenvalue weighted by Gasteiger charge is -2.32. The standard InChI is InChI=1S/C25H26FN5O5S/c1-36-18-14-20(26)23(27-15-18)29-25(33)28-22-8-5-13-31(24(22)32)17-11-9-16(10-12-17)19-6-3-4-7-21(19)30-37(2,34)35/h3-4,6-7,9-12,14-15,22,30H,5,8,13H2,1-2H3,(H2,27,28,29,33)/t22-/m1/s1. The highest BCUT2D eigenvalue weighted by atomic mass is 32.2. The number of aromatic nitrogens is 1. The number of anilines is 3.